The van der Waals surface area contributed by atoms with E-state index in [-0.39, 0.29) is 24.3 Å². The van der Waals surface area contributed by atoms with Crippen molar-refractivity contribution in [3.05, 3.63) is 77.5 Å². The zero-order valence-electron chi connectivity index (χ0n) is 19.7. The minimum atomic E-state index is -4.77. The standard InChI is InChI=1S/C27H28F3N5O/c28-27(29,30)36-24-9-5-4-8-21(24)17-33-26-34-18-22(13-10-19-6-2-1-3-7-19)25(35-26)32-16-20-11-14-23(31)15-12-20/h1-9,18,20,23H,11-12,14-17,31H2,(H2,32,33,34,35)/t20-,23-. The molecule has 9 heteroatoms. The number of nitrogens with two attached hydrogens (primary N) is 1. The lowest BCUT2D eigenvalue weighted by Gasteiger charge is -2.26. The van der Waals surface area contributed by atoms with Crippen molar-refractivity contribution in [3.63, 3.8) is 0 Å². The summed E-state index contributed by atoms with van der Waals surface area (Å²) >= 11 is 0. The van der Waals surface area contributed by atoms with E-state index in [1.807, 2.05) is 30.3 Å². The maximum atomic E-state index is 12.7. The number of anilines is 2. The first-order valence-corrected chi connectivity index (χ1v) is 11.9. The van der Waals surface area contributed by atoms with Gasteiger partial charge in [-0.1, -0.05) is 48.2 Å². The molecule has 6 nitrogen and oxygen atoms in total. The number of ether oxygens (including phenoxy) is 1. The van der Waals surface area contributed by atoms with Crippen LogP contribution in [0.5, 0.6) is 5.75 Å². The number of para-hydroxylation sites is 1. The number of alkyl halides is 3. The number of aromatic nitrogens is 2. The first kappa shape index (κ1) is 25.3. The minimum absolute atomic E-state index is 0.0568. The Kier molecular flexibility index (Phi) is 8.28. The highest BCUT2D eigenvalue weighted by Gasteiger charge is 2.32. The van der Waals surface area contributed by atoms with Crippen LogP contribution in [0.3, 0.4) is 0 Å². The van der Waals surface area contributed by atoms with Gasteiger partial charge in [-0.3, -0.25) is 0 Å². The third kappa shape index (κ3) is 7.62. The van der Waals surface area contributed by atoms with Gasteiger partial charge >= 0.3 is 6.36 Å². The first-order chi connectivity index (χ1) is 17.4. The van der Waals surface area contributed by atoms with Gasteiger partial charge in [0.05, 0.1) is 11.8 Å². The SMILES string of the molecule is N[C@H]1CC[C@H](CNc2nc(NCc3ccccc3OC(F)(F)F)ncc2C#Cc2ccccc2)CC1. The van der Waals surface area contributed by atoms with Gasteiger partial charge in [-0.2, -0.15) is 4.98 Å². The summed E-state index contributed by atoms with van der Waals surface area (Å²) < 4.78 is 42.4. The molecule has 0 spiro atoms. The molecule has 1 aliphatic rings. The van der Waals surface area contributed by atoms with Crippen molar-refractivity contribution in [2.45, 2.75) is 44.6 Å². The molecule has 3 aromatic rings. The van der Waals surface area contributed by atoms with Gasteiger partial charge in [0.2, 0.25) is 5.95 Å². The van der Waals surface area contributed by atoms with E-state index in [0.717, 1.165) is 37.8 Å². The molecule has 188 valence electrons. The van der Waals surface area contributed by atoms with Gasteiger partial charge in [-0.25, -0.2) is 4.98 Å². The third-order valence-corrected chi connectivity index (χ3v) is 5.99. The molecule has 0 aliphatic heterocycles. The van der Waals surface area contributed by atoms with Crippen LogP contribution in [-0.2, 0) is 6.54 Å². The van der Waals surface area contributed by atoms with Gasteiger partial charge in [0.1, 0.15) is 11.6 Å². The van der Waals surface area contributed by atoms with Gasteiger partial charge < -0.3 is 21.1 Å². The highest BCUT2D eigenvalue weighted by Crippen LogP contribution is 2.27. The summed E-state index contributed by atoms with van der Waals surface area (Å²) in [6.07, 6.45) is 0.942. The number of nitrogens with zero attached hydrogens (tertiary/aromatic N) is 2. The van der Waals surface area contributed by atoms with Gasteiger partial charge in [0.15, 0.2) is 0 Å². The highest BCUT2D eigenvalue weighted by atomic mass is 19.4. The molecule has 0 unspecified atom stereocenters. The van der Waals surface area contributed by atoms with Crippen molar-refractivity contribution in [2.24, 2.45) is 11.7 Å². The molecule has 1 aromatic heterocycles. The van der Waals surface area contributed by atoms with Crippen LogP contribution in [0.1, 0.15) is 42.4 Å². The number of halogens is 3. The monoisotopic (exact) mass is 495 g/mol. The second kappa shape index (κ2) is 11.8. The first-order valence-electron chi connectivity index (χ1n) is 11.9. The van der Waals surface area contributed by atoms with Crippen molar-refractivity contribution in [2.75, 3.05) is 17.2 Å². The van der Waals surface area contributed by atoms with Crippen molar-refractivity contribution in [1.29, 1.82) is 0 Å². The van der Waals surface area contributed by atoms with E-state index in [4.69, 9.17) is 5.73 Å². The molecule has 1 fully saturated rings. The molecule has 2 aromatic carbocycles. The van der Waals surface area contributed by atoms with E-state index in [1.54, 1.807) is 18.3 Å². The van der Waals surface area contributed by atoms with E-state index in [2.05, 4.69) is 37.2 Å². The Hall–Kier alpha value is -3.77. The van der Waals surface area contributed by atoms with E-state index in [9.17, 15) is 13.2 Å². The van der Waals surface area contributed by atoms with E-state index < -0.39 is 6.36 Å². The van der Waals surface area contributed by atoms with Crippen LogP contribution in [0.25, 0.3) is 0 Å². The largest absolute Gasteiger partial charge is 0.573 e. The number of nitrogens with one attached hydrogen (secondary N) is 2. The van der Waals surface area contributed by atoms with E-state index >= 15 is 0 Å². The van der Waals surface area contributed by atoms with Gasteiger partial charge in [0, 0.05) is 30.3 Å². The van der Waals surface area contributed by atoms with Crippen molar-refractivity contribution in [3.8, 4) is 17.6 Å². The molecule has 4 N–H and O–H groups in total. The van der Waals surface area contributed by atoms with Crippen molar-refractivity contribution in [1.82, 2.24) is 9.97 Å². The fourth-order valence-electron chi connectivity index (χ4n) is 4.04. The van der Waals surface area contributed by atoms with Crippen LogP contribution in [0.2, 0.25) is 0 Å². The summed E-state index contributed by atoms with van der Waals surface area (Å²) in [5.74, 6) is 7.32. The van der Waals surface area contributed by atoms with Crippen molar-refractivity contribution >= 4 is 11.8 Å². The molecule has 1 saturated carbocycles. The Balaban J connectivity index is 1.51. The van der Waals surface area contributed by atoms with Crippen LogP contribution in [0.15, 0.2) is 60.8 Å². The Morgan fingerprint density at radius 2 is 1.67 bits per heavy atom. The predicted molar refractivity (Wildman–Crippen MR) is 133 cm³/mol. The molecule has 0 bridgehead atoms. The van der Waals surface area contributed by atoms with Crippen molar-refractivity contribution < 1.29 is 17.9 Å². The summed E-state index contributed by atoms with van der Waals surface area (Å²) in [5, 5.41) is 6.41. The summed E-state index contributed by atoms with van der Waals surface area (Å²) in [7, 11) is 0. The number of rotatable bonds is 7. The van der Waals surface area contributed by atoms with Gasteiger partial charge in [0.25, 0.3) is 0 Å². The molecular formula is C27H28F3N5O. The maximum Gasteiger partial charge on any atom is 0.573 e. The molecule has 4 rings (SSSR count). The van der Waals surface area contributed by atoms with Crippen LogP contribution >= 0.6 is 0 Å². The van der Waals surface area contributed by atoms with Crippen LogP contribution in [0, 0.1) is 17.8 Å². The maximum absolute atomic E-state index is 12.7. The molecule has 1 heterocycles. The van der Waals surface area contributed by atoms with E-state index in [1.165, 1.54) is 12.1 Å². The Morgan fingerprint density at radius 1 is 0.944 bits per heavy atom. The highest BCUT2D eigenvalue weighted by molar-refractivity contribution is 5.57. The van der Waals surface area contributed by atoms with Crippen LogP contribution < -0.4 is 21.1 Å². The predicted octanol–water partition coefficient (Wildman–Crippen LogP) is 5.32. The van der Waals surface area contributed by atoms with Crippen LogP contribution in [0.4, 0.5) is 24.9 Å². The smallest absolute Gasteiger partial charge is 0.405 e. The second-order valence-corrected chi connectivity index (χ2v) is 8.74. The lowest BCUT2D eigenvalue weighted by Crippen LogP contribution is -2.29. The summed E-state index contributed by atoms with van der Waals surface area (Å²) in [6, 6.07) is 15.8. The normalized spacial score (nSPS) is 17.6. The molecule has 0 amide bonds. The molecule has 0 atom stereocenters. The second-order valence-electron chi connectivity index (χ2n) is 8.74. The molecule has 36 heavy (non-hydrogen) atoms. The van der Waals surface area contributed by atoms with Gasteiger partial charge in [-0.15, -0.1) is 13.2 Å². The minimum Gasteiger partial charge on any atom is -0.405 e. The topological polar surface area (TPSA) is 85.1 Å². The molecule has 0 saturated heterocycles. The van der Waals surface area contributed by atoms with Crippen LogP contribution in [-0.4, -0.2) is 28.9 Å². The zero-order valence-corrected chi connectivity index (χ0v) is 19.7. The average Bonchev–Trinajstić information content (AvgIpc) is 2.87. The quantitative estimate of drug-likeness (QED) is 0.385. The number of benzene rings is 2. The van der Waals surface area contributed by atoms with E-state index in [0.29, 0.717) is 22.9 Å². The summed E-state index contributed by atoms with van der Waals surface area (Å²) in [5.41, 5.74) is 7.87. The molecule has 1 aliphatic carbocycles. The average molecular weight is 496 g/mol. The lowest BCUT2D eigenvalue weighted by molar-refractivity contribution is -0.274. The Bertz CT molecular complexity index is 1200. The number of hydrogen-bond acceptors (Lipinski definition) is 6. The zero-order chi connectivity index (χ0) is 25.4. The molecule has 0 radical (unpaired) electrons. The fourth-order valence-corrected chi connectivity index (χ4v) is 4.04. The molecular weight excluding hydrogens is 467 g/mol. The fraction of sp³-hybridized carbons (Fsp3) is 0.333. The lowest BCUT2D eigenvalue weighted by atomic mass is 9.86. The third-order valence-electron chi connectivity index (χ3n) is 5.99. The summed E-state index contributed by atoms with van der Waals surface area (Å²) in [4.78, 5) is 8.91. The number of hydrogen-bond donors (Lipinski definition) is 3. The Labute approximate surface area is 208 Å². The van der Waals surface area contributed by atoms with Gasteiger partial charge in [-0.05, 0) is 49.8 Å². The Morgan fingerprint density at radius 3 is 2.42 bits per heavy atom. The summed E-state index contributed by atoms with van der Waals surface area (Å²) in [6.45, 7) is 0.784.